The van der Waals surface area contributed by atoms with Crippen LogP contribution in [-0.2, 0) is 22.9 Å². The third kappa shape index (κ3) is 4.64. The van der Waals surface area contributed by atoms with E-state index in [1.54, 1.807) is 6.07 Å². The maximum atomic E-state index is 12.2. The highest BCUT2D eigenvalue weighted by Gasteiger charge is 2.16. The third-order valence-electron chi connectivity index (χ3n) is 3.08. The van der Waals surface area contributed by atoms with Crippen LogP contribution < -0.4 is 10.5 Å². The van der Waals surface area contributed by atoms with Gasteiger partial charge in [-0.3, -0.25) is 0 Å². The number of aryl methyl sites for hydroxylation is 1. The van der Waals surface area contributed by atoms with Crippen LogP contribution in [0.5, 0.6) is 0 Å². The summed E-state index contributed by atoms with van der Waals surface area (Å²) in [6.45, 7) is 2.95. The summed E-state index contributed by atoms with van der Waals surface area (Å²) in [5.74, 6) is 0. The lowest BCUT2D eigenvalue weighted by Gasteiger charge is -2.05. The Bertz CT molecular complexity index is 693. The minimum Gasteiger partial charge on any atom is -0.330 e. The SMILES string of the molecule is Cc1cccc(CCNS(=O)(=O)c2ccc(CCN)s2)c1. The average molecular weight is 324 g/mol. The molecule has 0 atom stereocenters. The van der Waals surface area contributed by atoms with E-state index in [-0.39, 0.29) is 0 Å². The number of nitrogens with one attached hydrogen (secondary N) is 1. The number of hydrogen-bond donors (Lipinski definition) is 2. The monoisotopic (exact) mass is 324 g/mol. The molecule has 0 bridgehead atoms. The van der Waals surface area contributed by atoms with Crippen molar-refractivity contribution in [3.05, 3.63) is 52.4 Å². The number of nitrogens with two attached hydrogens (primary N) is 1. The van der Waals surface area contributed by atoms with Gasteiger partial charge in [0.1, 0.15) is 4.21 Å². The molecule has 2 aromatic rings. The first-order chi connectivity index (χ1) is 10.0. The fraction of sp³-hybridized carbons (Fsp3) is 0.333. The van der Waals surface area contributed by atoms with Crippen LogP contribution in [0.3, 0.4) is 0 Å². The summed E-state index contributed by atoms with van der Waals surface area (Å²) in [7, 11) is -3.41. The van der Waals surface area contributed by atoms with Gasteiger partial charge in [-0.25, -0.2) is 13.1 Å². The van der Waals surface area contributed by atoms with Crippen LogP contribution in [0.4, 0.5) is 0 Å². The van der Waals surface area contributed by atoms with E-state index in [4.69, 9.17) is 5.73 Å². The Kier molecular flexibility index (Phi) is 5.52. The highest BCUT2D eigenvalue weighted by Crippen LogP contribution is 2.21. The average Bonchev–Trinajstić information content (AvgIpc) is 2.88. The molecule has 0 saturated carbocycles. The molecule has 0 spiro atoms. The second kappa shape index (κ2) is 7.17. The molecule has 0 amide bonds. The molecule has 1 heterocycles. The molecule has 4 nitrogen and oxygen atoms in total. The zero-order valence-corrected chi connectivity index (χ0v) is 13.6. The predicted molar refractivity (Wildman–Crippen MR) is 87.1 cm³/mol. The van der Waals surface area contributed by atoms with Crippen molar-refractivity contribution in [3.63, 3.8) is 0 Å². The first kappa shape index (κ1) is 16.2. The van der Waals surface area contributed by atoms with Gasteiger partial charge in [0.15, 0.2) is 0 Å². The molecule has 0 unspecified atom stereocenters. The van der Waals surface area contributed by atoms with Crippen LogP contribution in [-0.4, -0.2) is 21.5 Å². The maximum Gasteiger partial charge on any atom is 0.250 e. The van der Waals surface area contributed by atoms with Crippen molar-refractivity contribution in [1.29, 1.82) is 0 Å². The summed E-state index contributed by atoms with van der Waals surface area (Å²) in [6, 6.07) is 11.6. The zero-order valence-electron chi connectivity index (χ0n) is 12.0. The van der Waals surface area contributed by atoms with Crippen LogP contribution in [0.25, 0.3) is 0 Å². The Morgan fingerprint density at radius 3 is 2.71 bits per heavy atom. The van der Waals surface area contributed by atoms with Gasteiger partial charge < -0.3 is 5.73 Å². The molecule has 0 saturated heterocycles. The summed E-state index contributed by atoms with van der Waals surface area (Å²) < 4.78 is 27.4. The zero-order chi connectivity index (χ0) is 15.3. The summed E-state index contributed by atoms with van der Waals surface area (Å²) in [4.78, 5) is 0.997. The molecule has 1 aromatic carbocycles. The highest BCUT2D eigenvalue weighted by molar-refractivity contribution is 7.91. The molecule has 21 heavy (non-hydrogen) atoms. The number of thiophene rings is 1. The number of benzene rings is 1. The minimum absolute atomic E-state index is 0.357. The Labute approximate surface area is 130 Å². The van der Waals surface area contributed by atoms with Crippen LogP contribution in [0, 0.1) is 6.92 Å². The van der Waals surface area contributed by atoms with E-state index in [1.165, 1.54) is 16.9 Å². The second-order valence-corrected chi connectivity index (χ2v) is 8.06. The molecule has 2 rings (SSSR count). The Morgan fingerprint density at radius 2 is 2.00 bits per heavy atom. The van der Waals surface area contributed by atoms with Crippen LogP contribution in [0.2, 0.25) is 0 Å². The fourth-order valence-electron chi connectivity index (χ4n) is 2.05. The van der Waals surface area contributed by atoms with Crippen molar-refractivity contribution < 1.29 is 8.42 Å². The first-order valence-electron chi connectivity index (χ1n) is 6.85. The van der Waals surface area contributed by atoms with E-state index in [2.05, 4.69) is 10.8 Å². The molecule has 0 aliphatic heterocycles. The van der Waals surface area contributed by atoms with Gasteiger partial charge >= 0.3 is 0 Å². The normalized spacial score (nSPS) is 11.7. The Balaban J connectivity index is 1.94. The molecule has 114 valence electrons. The number of sulfonamides is 1. The molecule has 0 aliphatic rings. The van der Waals surface area contributed by atoms with Crippen molar-refractivity contribution in [1.82, 2.24) is 4.72 Å². The van der Waals surface area contributed by atoms with Crippen molar-refractivity contribution in [3.8, 4) is 0 Å². The quantitative estimate of drug-likeness (QED) is 0.819. The molecule has 0 aliphatic carbocycles. The number of hydrogen-bond acceptors (Lipinski definition) is 4. The van der Waals surface area contributed by atoms with Gasteiger partial charge in [-0.15, -0.1) is 11.3 Å². The van der Waals surface area contributed by atoms with Gasteiger partial charge in [0.2, 0.25) is 10.0 Å². The van der Waals surface area contributed by atoms with E-state index in [9.17, 15) is 8.42 Å². The first-order valence-corrected chi connectivity index (χ1v) is 9.15. The van der Waals surface area contributed by atoms with Gasteiger partial charge in [-0.1, -0.05) is 29.8 Å². The van der Waals surface area contributed by atoms with Gasteiger partial charge in [0, 0.05) is 11.4 Å². The molecule has 3 N–H and O–H groups in total. The van der Waals surface area contributed by atoms with Crippen molar-refractivity contribution >= 4 is 21.4 Å². The summed E-state index contributed by atoms with van der Waals surface area (Å²) in [6.07, 6.45) is 1.39. The van der Waals surface area contributed by atoms with E-state index >= 15 is 0 Å². The minimum atomic E-state index is -3.41. The molecular formula is C15H20N2O2S2. The Morgan fingerprint density at radius 1 is 1.19 bits per heavy atom. The third-order valence-corrected chi connectivity index (χ3v) is 6.18. The standard InChI is InChI=1S/C15H20N2O2S2/c1-12-3-2-4-13(11-12)8-10-17-21(18,19)15-6-5-14(20-15)7-9-16/h2-6,11,17H,7-10,16H2,1H3. The van der Waals surface area contributed by atoms with E-state index in [0.29, 0.717) is 30.1 Å². The summed E-state index contributed by atoms with van der Waals surface area (Å²) in [5.41, 5.74) is 7.79. The number of rotatable bonds is 7. The lowest BCUT2D eigenvalue weighted by Crippen LogP contribution is -2.25. The highest BCUT2D eigenvalue weighted by atomic mass is 32.2. The van der Waals surface area contributed by atoms with Gasteiger partial charge in [0.05, 0.1) is 0 Å². The molecular weight excluding hydrogens is 304 g/mol. The van der Waals surface area contributed by atoms with E-state index in [1.807, 2.05) is 31.2 Å². The van der Waals surface area contributed by atoms with Gasteiger partial charge in [-0.2, -0.15) is 0 Å². The van der Waals surface area contributed by atoms with Gasteiger partial charge in [-0.05, 0) is 44.0 Å². The van der Waals surface area contributed by atoms with Crippen molar-refractivity contribution in [2.45, 2.75) is 24.0 Å². The lowest BCUT2D eigenvalue weighted by atomic mass is 10.1. The van der Waals surface area contributed by atoms with Crippen molar-refractivity contribution in [2.75, 3.05) is 13.1 Å². The van der Waals surface area contributed by atoms with Crippen LogP contribution in [0.15, 0.2) is 40.6 Å². The molecule has 0 fully saturated rings. The topological polar surface area (TPSA) is 72.2 Å². The summed E-state index contributed by atoms with van der Waals surface area (Å²) in [5, 5.41) is 0. The van der Waals surface area contributed by atoms with Crippen LogP contribution >= 0.6 is 11.3 Å². The smallest absolute Gasteiger partial charge is 0.250 e. The second-order valence-electron chi connectivity index (χ2n) is 4.90. The van der Waals surface area contributed by atoms with Crippen molar-refractivity contribution in [2.24, 2.45) is 5.73 Å². The fourth-order valence-corrected chi connectivity index (χ4v) is 4.50. The summed E-state index contributed by atoms with van der Waals surface area (Å²) >= 11 is 1.28. The van der Waals surface area contributed by atoms with E-state index in [0.717, 1.165) is 10.4 Å². The molecule has 1 aromatic heterocycles. The Hall–Kier alpha value is -1.21. The molecule has 0 radical (unpaired) electrons. The lowest BCUT2D eigenvalue weighted by molar-refractivity contribution is 0.584. The maximum absolute atomic E-state index is 12.2. The van der Waals surface area contributed by atoms with Gasteiger partial charge in [0.25, 0.3) is 0 Å². The van der Waals surface area contributed by atoms with E-state index < -0.39 is 10.0 Å². The predicted octanol–water partition coefficient (Wildman–Crippen LogP) is 2.08. The largest absolute Gasteiger partial charge is 0.330 e. The molecule has 6 heteroatoms. The van der Waals surface area contributed by atoms with Crippen LogP contribution in [0.1, 0.15) is 16.0 Å².